The molecule has 4 N–H and O–H groups in total. The molecule has 49 heavy (non-hydrogen) atoms. The molecule has 0 saturated carbocycles. The van der Waals surface area contributed by atoms with Crippen molar-refractivity contribution in [3.05, 3.63) is 131 Å². The molecule has 1 unspecified atom stereocenters. The summed E-state index contributed by atoms with van der Waals surface area (Å²) in [6, 6.07) is 21.4. The van der Waals surface area contributed by atoms with E-state index >= 15 is 0 Å². The fourth-order valence-corrected chi connectivity index (χ4v) is 7.18. The van der Waals surface area contributed by atoms with Crippen molar-refractivity contribution in [1.82, 2.24) is 19.6 Å². The Kier molecular flexibility index (Phi) is 10.4. The number of aromatic nitrogens is 3. The highest BCUT2D eigenvalue weighted by Gasteiger charge is 2.54. The molecule has 0 bridgehead atoms. The minimum absolute atomic E-state index is 0.0337. The molecule has 0 spiro atoms. The average molecular weight is 699 g/mol. The van der Waals surface area contributed by atoms with Crippen LogP contribution >= 0.6 is 23.3 Å². The number of nitrogen functional groups attached to an aromatic ring is 1. The highest BCUT2D eigenvalue weighted by molar-refractivity contribution is 8.00. The molecule has 1 saturated heterocycles. The zero-order valence-corrected chi connectivity index (χ0v) is 27.8. The van der Waals surface area contributed by atoms with Gasteiger partial charge in [-0.3, -0.25) is 14.5 Å². The second kappa shape index (κ2) is 15.2. The number of nitrogens with zero attached hydrogens (tertiary/aromatic N) is 5. The number of carbonyl (C=O) groups excluding carboxylic acids is 3. The van der Waals surface area contributed by atoms with Gasteiger partial charge in [0.05, 0.1) is 6.61 Å². The molecule has 2 amide bonds. The maximum Gasteiger partial charge on any atom is 0.356 e. The van der Waals surface area contributed by atoms with Gasteiger partial charge < -0.3 is 25.7 Å². The zero-order chi connectivity index (χ0) is 34.3. The number of aliphatic hydroxyl groups is 1. The molecule has 4 heterocycles. The van der Waals surface area contributed by atoms with Gasteiger partial charge in [-0.2, -0.15) is 9.36 Å². The largest absolute Gasteiger partial charge is 0.448 e. The lowest BCUT2D eigenvalue weighted by atomic mass is 10.0. The Bertz CT molecular complexity index is 1890. The number of hydrogen-bond donors (Lipinski definition) is 3. The van der Waals surface area contributed by atoms with Crippen LogP contribution in [0.25, 0.3) is 0 Å². The van der Waals surface area contributed by atoms with E-state index in [1.54, 1.807) is 6.08 Å². The second-order valence-electron chi connectivity index (χ2n) is 10.9. The number of carbonyl (C=O) groups is 3. The number of ether oxygens (including phenoxy) is 1. The van der Waals surface area contributed by atoms with Crippen molar-refractivity contribution >= 4 is 51.9 Å². The van der Waals surface area contributed by atoms with Crippen molar-refractivity contribution in [3.63, 3.8) is 0 Å². The van der Waals surface area contributed by atoms with E-state index in [0.29, 0.717) is 17.9 Å². The van der Waals surface area contributed by atoms with Crippen LogP contribution in [-0.2, 0) is 37.1 Å². The van der Waals surface area contributed by atoms with Crippen LogP contribution in [0.3, 0.4) is 0 Å². The van der Waals surface area contributed by atoms with Crippen molar-refractivity contribution in [2.45, 2.75) is 30.7 Å². The van der Waals surface area contributed by atoms with Gasteiger partial charge in [0.25, 0.3) is 11.8 Å². The Hall–Kier alpha value is -5.38. The lowest BCUT2D eigenvalue weighted by Crippen LogP contribution is -2.71. The lowest BCUT2D eigenvalue weighted by Gasteiger charge is -2.49. The molecule has 250 valence electrons. The van der Waals surface area contributed by atoms with Crippen molar-refractivity contribution in [2.24, 2.45) is 5.16 Å². The first-order valence-electron chi connectivity index (χ1n) is 15.1. The van der Waals surface area contributed by atoms with Gasteiger partial charge >= 0.3 is 5.97 Å². The van der Waals surface area contributed by atoms with Crippen LogP contribution in [0.1, 0.15) is 28.6 Å². The smallest absolute Gasteiger partial charge is 0.356 e. The number of oxime groups is 1. The molecule has 0 radical (unpaired) electrons. The maximum atomic E-state index is 14.2. The third kappa shape index (κ3) is 7.38. The van der Waals surface area contributed by atoms with E-state index in [9.17, 15) is 19.5 Å². The molecule has 0 aliphatic carbocycles. The van der Waals surface area contributed by atoms with E-state index < -0.39 is 35.3 Å². The molecule has 6 rings (SSSR count). The molecule has 2 aromatic carbocycles. The number of β-lactam (4-membered cyclic amide) rings is 1. The monoisotopic (exact) mass is 698 g/mol. The number of amides is 2. The number of fused-ring (bicyclic) bond motifs is 1. The normalized spacial score (nSPS) is 17.6. The Labute approximate surface area is 289 Å². The quantitative estimate of drug-likeness (QED) is 0.0656. The minimum Gasteiger partial charge on any atom is -0.448 e. The molecule has 2 aromatic heterocycles. The molecule has 13 nitrogen and oxygen atoms in total. The molecular weight excluding hydrogens is 667 g/mol. The fourth-order valence-electron chi connectivity index (χ4n) is 5.42. The third-order valence-corrected chi connectivity index (χ3v) is 9.54. The predicted octanol–water partition coefficient (Wildman–Crippen LogP) is 2.49. The molecule has 2 aliphatic heterocycles. The highest BCUT2D eigenvalue weighted by atomic mass is 32.2. The Balaban J connectivity index is 1.30. The predicted molar refractivity (Wildman–Crippen MR) is 182 cm³/mol. The Morgan fingerprint density at radius 2 is 1.86 bits per heavy atom. The summed E-state index contributed by atoms with van der Waals surface area (Å²) in [6.07, 6.45) is 6.63. The third-order valence-electron chi connectivity index (χ3n) is 7.70. The van der Waals surface area contributed by atoms with E-state index in [0.717, 1.165) is 28.2 Å². The van der Waals surface area contributed by atoms with Gasteiger partial charge in [0.2, 0.25) is 11.5 Å². The topological polar surface area (TPSA) is 173 Å². The standard InChI is InChI=1S/C34H31N7O6S2/c1-46-38-25(29-37-34(35)49-39-29)30(43)36-26-31(44)41-27(24(20-48-32(26)41)15-9-17-40-16-8-10-21(18-40)19-42)33(45)47-28(22-11-4-2-5-12-22)23-13-6-3-7-14-23/h2-16,18,26,28,32,42H,17,19-20H2,1H3,(H2-,35,36,37,39,43)/p+1/t26?,32-/m0/s1. The molecule has 2 aliphatic rings. The first-order chi connectivity index (χ1) is 23.9. The van der Waals surface area contributed by atoms with Crippen LogP contribution in [-0.4, -0.2) is 67.1 Å². The van der Waals surface area contributed by atoms with Gasteiger partial charge in [0.1, 0.15) is 24.2 Å². The van der Waals surface area contributed by atoms with Gasteiger partial charge in [0, 0.05) is 28.9 Å². The van der Waals surface area contributed by atoms with Crippen LogP contribution in [0.2, 0.25) is 0 Å². The number of nitrogens with two attached hydrogens (primary N) is 1. The van der Waals surface area contributed by atoms with Crippen LogP contribution in [0.15, 0.2) is 114 Å². The number of nitrogens with one attached hydrogen (secondary N) is 1. The first kappa shape index (κ1) is 33.5. The number of esters is 1. The first-order valence-corrected chi connectivity index (χ1v) is 17.0. The number of rotatable bonds is 12. The van der Waals surface area contributed by atoms with E-state index in [1.807, 2.05) is 95.8 Å². The number of benzene rings is 2. The number of thioether (sulfide) groups is 1. The molecular formula is C34H32N7O6S2+. The van der Waals surface area contributed by atoms with E-state index in [-0.39, 0.29) is 29.0 Å². The van der Waals surface area contributed by atoms with Crippen molar-refractivity contribution in [3.8, 4) is 0 Å². The van der Waals surface area contributed by atoms with E-state index in [1.165, 1.54) is 23.8 Å². The van der Waals surface area contributed by atoms with Crippen LogP contribution in [0.4, 0.5) is 5.13 Å². The molecule has 4 aromatic rings. The Morgan fingerprint density at radius 1 is 1.14 bits per heavy atom. The highest BCUT2D eigenvalue weighted by Crippen LogP contribution is 2.42. The summed E-state index contributed by atoms with van der Waals surface area (Å²) in [4.78, 5) is 51.5. The molecule has 1 fully saturated rings. The summed E-state index contributed by atoms with van der Waals surface area (Å²) in [5, 5.41) is 15.5. The summed E-state index contributed by atoms with van der Waals surface area (Å²) in [5.74, 6) is -1.58. The van der Waals surface area contributed by atoms with Crippen molar-refractivity contribution < 1.29 is 33.6 Å². The number of allylic oxidation sites excluding steroid dienone is 2. The second-order valence-corrected chi connectivity index (χ2v) is 12.8. The number of anilines is 1. The fraction of sp³-hybridized carbons (Fsp3) is 0.206. The lowest BCUT2D eigenvalue weighted by molar-refractivity contribution is -0.687. The maximum absolute atomic E-state index is 14.2. The van der Waals surface area contributed by atoms with Crippen molar-refractivity contribution in [2.75, 3.05) is 18.6 Å². The summed E-state index contributed by atoms with van der Waals surface area (Å²) in [5.41, 5.74) is 8.44. The number of pyridine rings is 1. The molecule has 2 atom stereocenters. The van der Waals surface area contributed by atoms with Crippen LogP contribution in [0.5, 0.6) is 0 Å². The summed E-state index contributed by atoms with van der Waals surface area (Å²) in [7, 11) is 1.27. The Morgan fingerprint density at radius 3 is 2.49 bits per heavy atom. The van der Waals surface area contributed by atoms with Gasteiger partial charge in [-0.1, -0.05) is 71.9 Å². The summed E-state index contributed by atoms with van der Waals surface area (Å²) < 4.78 is 12.1. The van der Waals surface area contributed by atoms with Crippen LogP contribution in [0, 0.1) is 0 Å². The summed E-state index contributed by atoms with van der Waals surface area (Å²) in [6.45, 7) is 0.365. The van der Waals surface area contributed by atoms with Crippen LogP contribution < -0.4 is 15.6 Å². The number of aliphatic hydroxyl groups excluding tert-OH is 1. The minimum atomic E-state index is -0.973. The molecule has 15 heteroatoms. The van der Waals surface area contributed by atoms with Gasteiger partial charge in [-0.05, 0) is 28.8 Å². The van der Waals surface area contributed by atoms with E-state index in [2.05, 4.69) is 19.8 Å². The van der Waals surface area contributed by atoms with E-state index in [4.69, 9.17) is 15.3 Å². The zero-order valence-electron chi connectivity index (χ0n) is 26.2. The van der Waals surface area contributed by atoms with Gasteiger partial charge in [0.15, 0.2) is 30.2 Å². The SMILES string of the molecule is CON=C(C(=O)NC1C(=O)N2C(C(=O)OC(c3ccccc3)c3ccccc3)=C(C=CC[n+]3cccc(CO)c3)CS[C@@H]12)c1nsc(N)n1. The van der Waals surface area contributed by atoms with Gasteiger partial charge in [-0.25, -0.2) is 9.36 Å². The average Bonchev–Trinajstić information content (AvgIpc) is 3.57. The van der Waals surface area contributed by atoms with Crippen molar-refractivity contribution in [1.29, 1.82) is 0 Å². The summed E-state index contributed by atoms with van der Waals surface area (Å²) >= 11 is 2.29. The van der Waals surface area contributed by atoms with Gasteiger partial charge in [-0.15, -0.1) is 11.8 Å². The number of hydrogen-bond acceptors (Lipinski definition) is 12.